The molecule has 0 saturated carbocycles. The molecule has 5 heteroatoms. The smallest absolute Gasteiger partial charge is 0.306 e. The van der Waals surface area contributed by atoms with Crippen LogP contribution < -0.4 is 0 Å². The van der Waals surface area contributed by atoms with Crippen LogP contribution in [0.1, 0.15) is 19.8 Å². The van der Waals surface area contributed by atoms with Crippen molar-refractivity contribution in [1.82, 2.24) is 9.80 Å². The maximum absolute atomic E-state index is 11.8. The molecule has 1 aliphatic rings. The topological polar surface area (TPSA) is 49.9 Å². The quantitative estimate of drug-likeness (QED) is 0.626. The van der Waals surface area contributed by atoms with Gasteiger partial charge in [-0.15, -0.1) is 0 Å². The molecule has 1 amide bonds. The van der Waals surface area contributed by atoms with Crippen molar-refractivity contribution < 1.29 is 14.3 Å². The second-order valence-corrected chi connectivity index (χ2v) is 4.02. The first kappa shape index (κ1) is 13.0. The number of carbonyl (C=O) groups excluding carboxylic acids is 2. The molecule has 0 aromatic heterocycles. The molecule has 0 aromatic rings. The van der Waals surface area contributed by atoms with Crippen LogP contribution in [0.5, 0.6) is 0 Å². The van der Waals surface area contributed by atoms with Gasteiger partial charge in [-0.1, -0.05) is 6.92 Å². The van der Waals surface area contributed by atoms with Crippen LogP contribution in [-0.4, -0.2) is 61.5 Å². The Bertz CT molecular complexity index is 268. The van der Waals surface area contributed by atoms with E-state index in [1.807, 2.05) is 18.9 Å². The Kier molecular flexibility index (Phi) is 4.73. The highest BCUT2D eigenvalue weighted by Gasteiger charge is 2.33. The van der Waals surface area contributed by atoms with Gasteiger partial charge in [0.1, 0.15) is 0 Å². The molecule has 0 N–H and O–H groups in total. The summed E-state index contributed by atoms with van der Waals surface area (Å²) in [6, 6.07) is -0.0559. The summed E-state index contributed by atoms with van der Waals surface area (Å²) >= 11 is 0. The van der Waals surface area contributed by atoms with Gasteiger partial charge in [-0.05, 0) is 13.0 Å². The molecule has 1 aliphatic heterocycles. The van der Waals surface area contributed by atoms with Crippen LogP contribution in [0.25, 0.3) is 0 Å². The fraction of sp³-hybridized carbons (Fsp3) is 0.818. The average Bonchev–Trinajstić information content (AvgIpc) is 2.61. The van der Waals surface area contributed by atoms with Gasteiger partial charge in [0, 0.05) is 20.1 Å². The van der Waals surface area contributed by atoms with Crippen LogP contribution in [-0.2, 0) is 14.3 Å². The van der Waals surface area contributed by atoms with E-state index in [0.29, 0.717) is 13.0 Å². The zero-order chi connectivity index (χ0) is 12.1. The molecule has 1 atom stereocenters. The van der Waals surface area contributed by atoms with E-state index < -0.39 is 0 Å². The SMILES string of the molecule is CCN(CCC(=O)OC)C1CCN(C)C1=O. The Hall–Kier alpha value is -1.10. The third-order valence-corrected chi connectivity index (χ3v) is 3.08. The molecule has 1 unspecified atom stereocenters. The molecule has 0 aromatic carbocycles. The Morgan fingerprint density at radius 2 is 2.31 bits per heavy atom. The second kappa shape index (κ2) is 5.84. The van der Waals surface area contributed by atoms with E-state index in [1.165, 1.54) is 7.11 Å². The number of methoxy groups -OCH3 is 1. The van der Waals surface area contributed by atoms with Gasteiger partial charge in [-0.3, -0.25) is 14.5 Å². The van der Waals surface area contributed by atoms with Gasteiger partial charge in [-0.2, -0.15) is 0 Å². The Morgan fingerprint density at radius 3 is 2.75 bits per heavy atom. The maximum Gasteiger partial charge on any atom is 0.306 e. The van der Waals surface area contributed by atoms with Crippen molar-refractivity contribution in [2.24, 2.45) is 0 Å². The monoisotopic (exact) mass is 228 g/mol. The summed E-state index contributed by atoms with van der Waals surface area (Å²) in [4.78, 5) is 26.6. The first-order valence-electron chi connectivity index (χ1n) is 5.66. The van der Waals surface area contributed by atoms with Gasteiger partial charge < -0.3 is 9.64 Å². The van der Waals surface area contributed by atoms with Crippen molar-refractivity contribution in [3.05, 3.63) is 0 Å². The van der Waals surface area contributed by atoms with E-state index in [4.69, 9.17) is 0 Å². The number of amides is 1. The molecule has 5 nitrogen and oxygen atoms in total. The molecule has 1 fully saturated rings. The summed E-state index contributed by atoms with van der Waals surface area (Å²) in [5.41, 5.74) is 0. The van der Waals surface area contributed by atoms with E-state index in [1.54, 1.807) is 4.90 Å². The minimum Gasteiger partial charge on any atom is -0.469 e. The van der Waals surface area contributed by atoms with Gasteiger partial charge in [0.05, 0.1) is 19.6 Å². The molecule has 0 spiro atoms. The number of likely N-dealkylation sites (N-methyl/N-ethyl adjacent to an activating group) is 2. The van der Waals surface area contributed by atoms with Crippen LogP contribution in [0.2, 0.25) is 0 Å². The normalized spacial score (nSPS) is 20.6. The molecular formula is C11H20N2O3. The van der Waals surface area contributed by atoms with Crippen molar-refractivity contribution in [3.63, 3.8) is 0 Å². The molecule has 0 radical (unpaired) electrons. The molecule has 1 saturated heterocycles. The highest BCUT2D eigenvalue weighted by Crippen LogP contribution is 2.15. The summed E-state index contributed by atoms with van der Waals surface area (Å²) in [5, 5.41) is 0. The van der Waals surface area contributed by atoms with Crippen LogP contribution in [0.3, 0.4) is 0 Å². The summed E-state index contributed by atoms with van der Waals surface area (Å²) in [6.45, 7) is 4.18. The summed E-state index contributed by atoms with van der Waals surface area (Å²) in [6.07, 6.45) is 1.20. The number of likely N-dealkylation sites (tertiary alicyclic amines) is 1. The van der Waals surface area contributed by atoms with Gasteiger partial charge in [0.2, 0.25) is 5.91 Å². The highest BCUT2D eigenvalue weighted by molar-refractivity contribution is 5.83. The molecule has 1 rings (SSSR count). The number of hydrogen-bond donors (Lipinski definition) is 0. The lowest BCUT2D eigenvalue weighted by Gasteiger charge is -2.25. The predicted octanol–water partition coefficient (Wildman–Crippen LogP) is 0.102. The standard InChI is InChI=1S/C11H20N2O3/c1-4-13(8-6-10(14)16-3)9-5-7-12(2)11(9)15/h9H,4-8H2,1-3H3. The van der Waals surface area contributed by atoms with E-state index in [-0.39, 0.29) is 17.9 Å². The lowest BCUT2D eigenvalue weighted by Crippen LogP contribution is -2.42. The summed E-state index contributed by atoms with van der Waals surface area (Å²) < 4.78 is 4.59. The lowest BCUT2D eigenvalue weighted by molar-refractivity contribution is -0.141. The molecule has 0 bridgehead atoms. The molecule has 92 valence electrons. The molecule has 16 heavy (non-hydrogen) atoms. The Morgan fingerprint density at radius 1 is 1.62 bits per heavy atom. The summed E-state index contributed by atoms with van der Waals surface area (Å²) in [5.74, 6) is -0.0658. The van der Waals surface area contributed by atoms with Crippen LogP contribution in [0, 0.1) is 0 Å². The molecule has 0 aliphatic carbocycles. The fourth-order valence-electron chi connectivity index (χ4n) is 2.01. The van der Waals surface area contributed by atoms with Gasteiger partial charge in [0.15, 0.2) is 0 Å². The average molecular weight is 228 g/mol. The van der Waals surface area contributed by atoms with Crippen molar-refractivity contribution in [2.75, 3.05) is 33.8 Å². The third-order valence-electron chi connectivity index (χ3n) is 3.08. The maximum atomic E-state index is 11.8. The zero-order valence-electron chi connectivity index (χ0n) is 10.2. The van der Waals surface area contributed by atoms with E-state index in [9.17, 15) is 9.59 Å². The van der Waals surface area contributed by atoms with E-state index in [0.717, 1.165) is 19.5 Å². The number of hydrogen-bond acceptors (Lipinski definition) is 4. The number of ether oxygens (including phenoxy) is 1. The number of carbonyl (C=O) groups is 2. The predicted molar refractivity (Wildman–Crippen MR) is 59.9 cm³/mol. The second-order valence-electron chi connectivity index (χ2n) is 4.02. The number of rotatable bonds is 5. The Balaban J connectivity index is 2.48. The largest absolute Gasteiger partial charge is 0.469 e. The highest BCUT2D eigenvalue weighted by atomic mass is 16.5. The number of esters is 1. The zero-order valence-corrected chi connectivity index (χ0v) is 10.2. The van der Waals surface area contributed by atoms with Crippen molar-refractivity contribution in [3.8, 4) is 0 Å². The van der Waals surface area contributed by atoms with Gasteiger partial charge in [0.25, 0.3) is 0 Å². The summed E-state index contributed by atoms with van der Waals surface area (Å²) in [7, 11) is 3.20. The van der Waals surface area contributed by atoms with Crippen molar-refractivity contribution in [2.45, 2.75) is 25.8 Å². The molecule has 1 heterocycles. The Labute approximate surface area is 96.3 Å². The van der Waals surface area contributed by atoms with Crippen LogP contribution >= 0.6 is 0 Å². The minimum absolute atomic E-state index is 0.0559. The first-order valence-corrected chi connectivity index (χ1v) is 5.66. The van der Waals surface area contributed by atoms with Crippen LogP contribution in [0.4, 0.5) is 0 Å². The molecular weight excluding hydrogens is 208 g/mol. The van der Waals surface area contributed by atoms with Crippen LogP contribution in [0.15, 0.2) is 0 Å². The van der Waals surface area contributed by atoms with E-state index in [2.05, 4.69) is 4.74 Å². The van der Waals surface area contributed by atoms with Crippen molar-refractivity contribution >= 4 is 11.9 Å². The van der Waals surface area contributed by atoms with Crippen molar-refractivity contribution in [1.29, 1.82) is 0 Å². The number of nitrogens with zero attached hydrogens (tertiary/aromatic N) is 2. The lowest BCUT2D eigenvalue weighted by atomic mass is 10.2. The third kappa shape index (κ3) is 2.95. The van der Waals surface area contributed by atoms with E-state index >= 15 is 0 Å². The minimum atomic E-state index is -0.225. The van der Waals surface area contributed by atoms with Gasteiger partial charge >= 0.3 is 5.97 Å². The van der Waals surface area contributed by atoms with Gasteiger partial charge in [-0.25, -0.2) is 0 Å². The fourth-order valence-corrected chi connectivity index (χ4v) is 2.01. The first-order chi connectivity index (χ1) is 7.60.